The third kappa shape index (κ3) is 4.13. The Morgan fingerprint density at radius 2 is 1.71 bits per heavy atom. The van der Waals surface area contributed by atoms with E-state index in [2.05, 4.69) is 21.0 Å². The van der Waals surface area contributed by atoms with E-state index in [9.17, 15) is 14.4 Å². The number of ether oxygens (including phenoxy) is 2. The molecular weight excluding hydrogens is 344 g/mol. The Hall–Kier alpha value is -1.70. The van der Waals surface area contributed by atoms with E-state index in [1.165, 1.54) is 4.68 Å². The molecule has 8 heteroatoms. The summed E-state index contributed by atoms with van der Waals surface area (Å²) in [7, 11) is 0. The van der Waals surface area contributed by atoms with Crippen LogP contribution in [0.5, 0.6) is 0 Å². The first-order chi connectivity index (χ1) is 9.96. The van der Waals surface area contributed by atoms with Crippen LogP contribution in [0.3, 0.4) is 0 Å². The number of hydrogen-bond donors (Lipinski definition) is 0. The number of esters is 2. The van der Waals surface area contributed by atoms with Gasteiger partial charge in [-0.25, -0.2) is 0 Å². The topological polar surface area (TPSA) is 87.5 Å². The molecule has 0 saturated heterocycles. The van der Waals surface area contributed by atoms with Crippen molar-refractivity contribution in [3.8, 4) is 0 Å². The van der Waals surface area contributed by atoms with Crippen LogP contribution in [-0.2, 0) is 25.6 Å². The molecule has 0 atom stereocenters. The molecule has 0 saturated carbocycles. The van der Waals surface area contributed by atoms with Gasteiger partial charge in [-0.15, -0.1) is 0 Å². The quantitative estimate of drug-likeness (QED) is 0.416. The first kappa shape index (κ1) is 17.4. The van der Waals surface area contributed by atoms with Crippen LogP contribution in [0.4, 0.5) is 0 Å². The molecule has 1 rings (SSSR count). The van der Waals surface area contributed by atoms with Crippen molar-refractivity contribution in [1.29, 1.82) is 0 Å². The second kappa shape index (κ2) is 7.92. The maximum atomic E-state index is 12.4. The van der Waals surface area contributed by atoms with Crippen molar-refractivity contribution in [3.63, 3.8) is 0 Å². The number of nitrogens with zero attached hydrogens (tertiary/aromatic N) is 2. The molecule has 0 bridgehead atoms. The van der Waals surface area contributed by atoms with Crippen molar-refractivity contribution >= 4 is 33.7 Å². The molecule has 0 amide bonds. The van der Waals surface area contributed by atoms with Crippen molar-refractivity contribution in [2.24, 2.45) is 5.92 Å². The molecule has 1 heterocycles. The molecule has 0 fully saturated rings. The van der Waals surface area contributed by atoms with E-state index >= 15 is 0 Å². The van der Waals surface area contributed by atoms with E-state index in [1.807, 2.05) is 6.92 Å². The van der Waals surface area contributed by atoms with Gasteiger partial charge in [-0.2, -0.15) is 5.10 Å². The predicted molar refractivity (Wildman–Crippen MR) is 76.7 cm³/mol. The molecule has 21 heavy (non-hydrogen) atoms. The summed E-state index contributed by atoms with van der Waals surface area (Å²) in [6.07, 6.45) is 1.60. The van der Waals surface area contributed by atoms with Crippen LogP contribution in [0.2, 0.25) is 0 Å². The van der Waals surface area contributed by atoms with Crippen LogP contribution in [-0.4, -0.2) is 40.7 Å². The second-order valence-electron chi connectivity index (χ2n) is 3.98. The first-order valence-corrected chi connectivity index (χ1v) is 7.35. The van der Waals surface area contributed by atoms with Crippen LogP contribution in [0.25, 0.3) is 0 Å². The highest BCUT2D eigenvalue weighted by atomic mass is 79.9. The van der Waals surface area contributed by atoms with Crippen LogP contribution in [0.15, 0.2) is 10.7 Å². The minimum Gasteiger partial charge on any atom is -0.465 e. The lowest BCUT2D eigenvalue weighted by Gasteiger charge is -2.12. The molecule has 0 aromatic carbocycles. The molecule has 7 nitrogen and oxygen atoms in total. The van der Waals surface area contributed by atoms with E-state index in [-0.39, 0.29) is 18.9 Å². The SMILES string of the molecule is CCOC(=O)C(C(=O)OCC)C(=O)c1nn(CC)cc1Br. The van der Waals surface area contributed by atoms with Crippen LogP contribution < -0.4 is 0 Å². The third-order valence-electron chi connectivity index (χ3n) is 2.58. The molecule has 1 aromatic heterocycles. The molecule has 0 unspecified atom stereocenters. The third-order valence-corrected chi connectivity index (χ3v) is 3.16. The molecule has 0 aliphatic rings. The van der Waals surface area contributed by atoms with Crippen molar-refractivity contribution < 1.29 is 23.9 Å². The van der Waals surface area contributed by atoms with Crippen LogP contribution in [0, 0.1) is 5.92 Å². The van der Waals surface area contributed by atoms with E-state index in [0.717, 1.165) is 0 Å². The average molecular weight is 361 g/mol. The maximum absolute atomic E-state index is 12.4. The highest BCUT2D eigenvalue weighted by Crippen LogP contribution is 2.20. The highest BCUT2D eigenvalue weighted by Gasteiger charge is 2.39. The Morgan fingerprint density at radius 1 is 1.19 bits per heavy atom. The summed E-state index contributed by atoms with van der Waals surface area (Å²) in [5.41, 5.74) is 0.00274. The smallest absolute Gasteiger partial charge is 0.328 e. The Morgan fingerprint density at radius 3 is 2.10 bits per heavy atom. The molecule has 0 spiro atoms. The van der Waals surface area contributed by atoms with Gasteiger partial charge in [0.05, 0.1) is 17.7 Å². The zero-order chi connectivity index (χ0) is 16.0. The molecular formula is C13H17BrN2O5. The van der Waals surface area contributed by atoms with Crippen LogP contribution in [0.1, 0.15) is 31.3 Å². The lowest BCUT2D eigenvalue weighted by atomic mass is 10.0. The van der Waals surface area contributed by atoms with Gasteiger partial charge in [0.25, 0.3) is 0 Å². The minimum atomic E-state index is -1.65. The lowest BCUT2D eigenvalue weighted by Crippen LogP contribution is -2.35. The molecule has 1 aromatic rings. The van der Waals surface area contributed by atoms with Crippen molar-refractivity contribution in [3.05, 3.63) is 16.4 Å². The monoisotopic (exact) mass is 360 g/mol. The fourth-order valence-corrected chi connectivity index (χ4v) is 2.14. The maximum Gasteiger partial charge on any atom is 0.328 e. The predicted octanol–water partition coefficient (Wildman–Crippen LogP) is 1.59. The Labute approximate surface area is 130 Å². The van der Waals surface area contributed by atoms with Gasteiger partial charge >= 0.3 is 11.9 Å². The normalized spacial score (nSPS) is 10.5. The molecule has 0 radical (unpaired) electrons. The van der Waals surface area contributed by atoms with Gasteiger partial charge in [0, 0.05) is 12.7 Å². The summed E-state index contributed by atoms with van der Waals surface area (Å²) < 4.78 is 11.5. The first-order valence-electron chi connectivity index (χ1n) is 6.56. The number of halogens is 1. The summed E-state index contributed by atoms with van der Waals surface area (Å²) in [4.78, 5) is 36.2. The molecule has 0 aliphatic carbocycles. The fourth-order valence-electron chi connectivity index (χ4n) is 1.62. The summed E-state index contributed by atoms with van der Waals surface area (Å²) in [5, 5.41) is 4.04. The van der Waals surface area contributed by atoms with E-state index in [1.54, 1.807) is 20.0 Å². The lowest BCUT2D eigenvalue weighted by molar-refractivity contribution is -0.158. The Bertz CT molecular complexity index is 523. The van der Waals surface area contributed by atoms with Gasteiger partial charge in [0.1, 0.15) is 5.69 Å². The molecule has 0 aliphatic heterocycles. The number of hydrogen-bond acceptors (Lipinski definition) is 6. The van der Waals surface area contributed by atoms with E-state index < -0.39 is 23.6 Å². The summed E-state index contributed by atoms with van der Waals surface area (Å²) in [5.74, 6) is -4.26. The summed E-state index contributed by atoms with van der Waals surface area (Å²) in [6, 6.07) is 0. The number of aromatic nitrogens is 2. The van der Waals surface area contributed by atoms with Crippen LogP contribution >= 0.6 is 15.9 Å². The van der Waals surface area contributed by atoms with Crippen molar-refractivity contribution in [2.75, 3.05) is 13.2 Å². The zero-order valence-corrected chi connectivity index (χ0v) is 13.7. The number of rotatable bonds is 7. The van der Waals surface area contributed by atoms with Gasteiger partial charge in [0.2, 0.25) is 11.7 Å². The number of Topliss-reactive ketones (excluding diaryl/α,β-unsaturated/α-hetero) is 1. The minimum absolute atomic E-state index is 0.00274. The highest BCUT2D eigenvalue weighted by molar-refractivity contribution is 9.10. The van der Waals surface area contributed by atoms with Gasteiger partial charge < -0.3 is 9.47 Å². The average Bonchev–Trinajstić information content (AvgIpc) is 2.80. The largest absolute Gasteiger partial charge is 0.465 e. The summed E-state index contributed by atoms with van der Waals surface area (Å²) in [6.45, 7) is 5.70. The Balaban J connectivity index is 3.11. The molecule has 0 N–H and O–H groups in total. The van der Waals surface area contributed by atoms with Gasteiger partial charge in [-0.05, 0) is 36.7 Å². The molecule has 116 valence electrons. The van der Waals surface area contributed by atoms with Crippen molar-refractivity contribution in [1.82, 2.24) is 9.78 Å². The second-order valence-corrected chi connectivity index (χ2v) is 4.84. The number of carbonyl (C=O) groups is 3. The fraction of sp³-hybridized carbons (Fsp3) is 0.538. The van der Waals surface area contributed by atoms with Gasteiger partial charge in [-0.1, -0.05) is 0 Å². The van der Waals surface area contributed by atoms with Gasteiger partial charge in [-0.3, -0.25) is 19.1 Å². The number of aryl methyl sites for hydroxylation is 1. The van der Waals surface area contributed by atoms with Gasteiger partial charge in [0.15, 0.2) is 0 Å². The Kier molecular flexibility index (Phi) is 6.54. The van der Waals surface area contributed by atoms with Crippen molar-refractivity contribution in [2.45, 2.75) is 27.3 Å². The van der Waals surface area contributed by atoms with E-state index in [0.29, 0.717) is 11.0 Å². The zero-order valence-electron chi connectivity index (χ0n) is 12.1. The summed E-state index contributed by atoms with van der Waals surface area (Å²) >= 11 is 3.19. The number of carbonyl (C=O) groups excluding carboxylic acids is 3. The standard InChI is InChI=1S/C13H17BrN2O5/c1-4-16-7-8(14)10(15-16)11(17)9(12(18)20-5-2)13(19)21-6-3/h7,9H,4-6H2,1-3H3. The number of ketones is 1. The van der Waals surface area contributed by atoms with E-state index in [4.69, 9.17) is 9.47 Å².